The smallest absolute Gasteiger partial charge is 0.340 e. The number of ether oxygens (including phenoxy) is 1. The predicted molar refractivity (Wildman–Crippen MR) is 84.6 cm³/mol. The van der Waals surface area contributed by atoms with E-state index in [2.05, 4.69) is 10.3 Å². The molecule has 114 valence electrons. The second-order valence-corrected chi connectivity index (χ2v) is 5.29. The molecule has 2 rings (SSSR count). The second-order valence-electron chi connectivity index (χ2n) is 4.09. The van der Waals surface area contributed by atoms with Crippen LogP contribution in [-0.2, 0) is 9.53 Å². The van der Waals surface area contributed by atoms with Gasteiger partial charge in [-0.15, -0.1) is 0 Å². The molecule has 0 unspecified atom stereocenters. The van der Waals surface area contributed by atoms with E-state index in [-0.39, 0.29) is 15.7 Å². The highest BCUT2D eigenvalue weighted by molar-refractivity contribution is 6.35. The lowest BCUT2D eigenvalue weighted by atomic mass is 10.2. The molecule has 0 aliphatic heterocycles. The number of hydrogen-bond donors (Lipinski definition) is 1. The van der Waals surface area contributed by atoms with Gasteiger partial charge in [-0.2, -0.15) is 0 Å². The van der Waals surface area contributed by atoms with Crippen molar-refractivity contribution in [2.45, 2.75) is 0 Å². The summed E-state index contributed by atoms with van der Waals surface area (Å²) >= 11 is 17.5. The normalized spacial score (nSPS) is 10.1. The van der Waals surface area contributed by atoms with Crippen molar-refractivity contribution in [2.24, 2.45) is 0 Å². The number of nitrogens with zero attached hydrogens (tertiary/aromatic N) is 1. The van der Waals surface area contributed by atoms with Gasteiger partial charge in [-0.3, -0.25) is 4.79 Å². The number of pyridine rings is 1. The van der Waals surface area contributed by atoms with Gasteiger partial charge in [-0.1, -0.05) is 34.8 Å². The van der Waals surface area contributed by atoms with Gasteiger partial charge in [0.2, 0.25) is 0 Å². The van der Waals surface area contributed by atoms with E-state index in [1.54, 1.807) is 12.1 Å². The highest BCUT2D eigenvalue weighted by Crippen LogP contribution is 2.21. The summed E-state index contributed by atoms with van der Waals surface area (Å²) in [4.78, 5) is 27.4. The highest BCUT2D eigenvalue weighted by Gasteiger charge is 2.15. The van der Waals surface area contributed by atoms with Gasteiger partial charge in [0.05, 0.1) is 16.3 Å². The van der Waals surface area contributed by atoms with Crippen molar-refractivity contribution in [1.82, 2.24) is 4.98 Å². The average Bonchev–Trinajstić information content (AvgIpc) is 2.49. The third kappa shape index (κ3) is 4.34. The molecule has 2 aromatic rings. The molecule has 0 atom stereocenters. The number of rotatable bonds is 4. The topological polar surface area (TPSA) is 68.3 Å². The molecule has 8 heteroatoms. The van der Waals surface area contributed by atoms with Gasteiger partial charge in [0.15, 0.2) is 11.8 Å². The highest BCUT2D eigenvalue weighted by atomic mass is 35.5. The summed E-state index contributed by atoms with van der Waals surface area (Å²) in [6.07, 6.45) is 1.49. The Bertz CT molecular complexity index is 722. The molecule has 0 radical (unpaired) electrons. The van der Waals surface area contributed by atoms with Gasteiger partial charge in [0.1, 0.15) is 0 Å². The number of aromatic nitrogens is 1. The molecule has 0 aliphatic carbocycles. The summed E-state index contributed by atoms with van der Waals surface area (Å²) in [6.45, 7) is -0.493. The zero-order valence-corrected chi connectivity index (χ0v) is 13.2. The Morgan fingerprint density at radius 3 is 2.68 bits per heavy atom. The van der Waals surface area contributed by atoms with Gasteiger partial charge < -0.3 is 10.1 Å². The van der Waals surface area contributed by atoms with Gasteiger partial charge in [0, 0.05) is 11.2 Å². The van der Waals surface area contributed by atoms with Crippen molar-refractivity contribution < 1.29 is 14.3 Å². The van der Waals surface area contributed by atoms with Crippen LogP contribution in [-0.4, -0.2) is 23.5 Å². The molecule has 5 nitrogen and oxygen atoms in total. The molecule has 22 heavy (non-hydrogen) atoms. The van der Waals surface area contributed by atoms with E-state index in [1.807, 2.05) is 0 Å². The number of esters is 1. The maximum Gasteiger partial charge on any atom is 0.340 e. The number of amides is 1. The quantitative estimate of drug-likeness (QED) is 0.665. The summed E-state index contributed by atoms with van der Waals surface area (Å²) in [6, 6.07) is 7.55. The fourth-order valence-corrected chi connectivity index (χ4v) is 2.06. The molecule has 1 aromatic carbocycles. The van der Waals surface area contributed by atoms with E-state index in [4.69, 9.17) is 39.5 Å². The number of carbonyl (C=O) groups is 2. The molecule has 0 fully saturated rings. The number of halogens is 3. The monoisotopic (exact) mass is 358 g/mol. The Kier molecular flexibility index (Phi) is 5.60. The zero-order valence-electron chi connectivity index (χ0n) is 11.0. The number of nitrogens with one attached hydrogen (secondary N) is 1. The van der Waals surface area contributed by atoms with E-state index in [0.717, 1.165) is 0 Å². The molecule has 0 bridgehead atoms. The fourth-order valence-electron chi connectivity index (χ4n) is 1.53. The van der Waals surface area contributed by atoms with Crippen LogP contribution in [0.25, 0.3) is 0 Å². The number of carbonyl (C=O) groups excluding carboxylic acids is 2. The maximum atomic E-state index is 11.9. The van der Waals surface area contributed by atoms with Crippen LogP contribution < -0.4 is 5.32 Å². The molecule has 1 N–H and O–H groups in total. The molecule has 0 saturated heterocycles. The van der Waals surface area contributed by atoms with E-state index < -0.39 is 18.5 Å². The van der Waals surface area contributed by atoms with E-state index >= 15 is 0 Å². The van der Waals surface area contributed by atoms with Crippen LogP contribution in [0.4, 0.5) is 5.69 Å². The summed E-state index contributed by atoms with van der Waals surface area (Å²) < 4.78 is 4.88. The maximum absolute atomic E-state index is 11.9. The molecule has 0 saturated carbocycles. The van der Waals surface area contributed by atoms with Crippen LogP contribution in [0.3, 0.4) is 0 Å². The average molecular weight is 360 g/mol. The van der Waals surface area contributed by atoms with E-state index in [1.165, 1.54) is 24.4 Å². The molecule has 0 aliphatic rings. The Balaban J connectivity index is 1.95. The van der Waals surface area contributed by atoms with Crippen molar-refractivity contribution in [1.29, 1.82) is 0 Å². The fraction of sp³-hybridized carbons (Fsp3) is 0.0714. The number of hydrogen-bond acceptors (Lipinski definition) is 4. The molecule has 1 aromatic heterocycles. The largest absolute Gasteiger partial charge is 0.452 e. The second kappa shape index (κ2) is 7.45. The Morgan fingerprint density at radius 1 is 1.18 bits per heavy atom. The van der Waals surface area contributed by atoms with Gasteiger partial charge >= 0.3 is 5.97 Å². The van der Waals surface area contributed by atoms with Crippen molar-refractivity contribution in [3.63, 3.8) is 0 Å². The SMILES string of the molecule is O=C(COC(=O)c1cc(Cl)ccc1Cl)Nc1cccnc1Cl. The summed E-state index contributed by atoms with van der Waals surface area (Å²) in [5.41, 5.74) is 0.410. The van der Waals surface area contributed by atoms with E-state index in [0.29, 0.717) is 10.7 Å². The first-order valence-electron chi connectivity index (χ1n) is 6.00. The van der Waals surface area contributed by atoms with Crippen LogP contribution >= 0.6 is 34.8 Å². The van der Waals surface area contributed by atoms with Crippen molar-refractivity contribution >= 4 is 52.4 Å². The third-order valence-electron chi connectivity index (χ3n) is 2.52. The van der Waals surface area contributed by atoms with Crippen molar-refractivity contribution in [3.8, 4) is 0 Å². The van der Waals surface area contributed by atoms with Crippen LogP contribution in [0, 0.1) is 0 Å². The first-order valence-corrected chi connectivity index (χ1v) is 7.13. The van der Waals surface area contributed by atoms with Gasteiger partial charge in [0.25, 0.3) is 5.91 Å². The molecular formula is C14H9Cl3N2O3. The summed E-state index contributed by atoms with van der Waals surface area (Å²) in [5.74, 6) is -1.30. The Morgan fingerprint density at radius 2 is 1.95 bits per heavy atom. The lowest BCUT2D eigenvalue weighted by Gasteiger charge is -2.08. The Hall–Kier alpha value is -1.82. The van der Waals surface area contributed by atoms with Crippen LogP contribution in [0.5, 0.6) is 0 Å². The third-order valence-corrected chi connectivity index (χ3v) is 3.38. The lowest BCUT2D eigenvalue weighted by molar-refractivity contribution is -0.119. The Labute approximate surface area is 141 Å². The van der Waals surface area contributed by atoms with Crippen LogP contribution in [0.2, 0.25) is 15.2 Å². The van der Waals surface area contributed by atoms with Gasteiger partial charge in [-0.25, -0.2) is 9.78 Å². The molecular weight excluding hydrogens is 351 g/mol. The number of benzene rings is 1. The van der Waals surface area contributed by atoms with Crippen LogP contribution in [0.1, 0.15) is 10.4 Å². The van der Waals surface area contributed by atoms with Crippen LogP contribution in [0.15, 0.2) is 36.5 Å². The standard InChI is InChI=1S/C14H9Cl3N2O3/c15-8-3-4-10(16)9(6-8)14(21)22-7-12(20)19-11-2-1-5-18-13(11)17/h1-6H,7H2,(H,19,20). The first kappa shape index (κ1) is 16.5. The predicted octanol–water partition coefficient (Wildman–Crippen LogP) is 3.84. The minimum Gasteiger partial charge on any atom is -0.452 e. The summed E-state index contributed by atoms with van der Waals surface area (Å²) in [7, 11) is 0. The molecule has 1 heterocycles. The minimum absolute atomic E-state index is 0.0846. The van der Waals surface area contributed by atoms with E-state index in [9.17, 15) is 9.59 Å². The van der Waals surface area contributed by atoms with Crippen molar-refractivity contribution in [2.75, 3.05) is 11.9 Å². The summed E-state index contributed by atoms with van der Waals surface area (Å²) in [5, 5.41) is 3.13. The number of anilines is 1. The molecule has 0 spiro atoms. The zero-order chi connectivity index (χ0) is 16.1. The minimum atomic E-state index is -0.750. The first-order chi connectivity index (χ1) is 10.5. The van der Waals surface area contributed by atoms with Crippen molar-refractivity contribution in [3.05, 3.63) is 57.3 Å². The van der Waals surface area contributed by atoms with Gasteiger partial charge in [-0.05, 0) is 30.3 Å². The molecule has 1 amide bonds. The lowest BCUT2D eigenvalue weighted by Crippen LogP contribution is -2.21.